The summed E-state index contributed by atoms with van der Waals surface area (Å²) >= 11 is 0. The molecule has 2 saturated carbocycles. The lowest BCUT2D eigenvalue weighted by Crippen LogP contribution is -2.46. The highest BCUT2D eigenvalue weighted by Crippen LogP contribution is 2.38. The summed E-state index contributed by atoms with van der Waals surface area (Å²) in [6.45, 7) is 4.44. The van der Waals surface area contributed by atoms with E-state index in [4.69, 9.17) is 0 Å². The summed E-state index contributed by atoms with van der Waals surface area (Å²) in [5.74, 6) is 1.63. The van der Waals surface area contributed by atoms with E-state index in [1.165, 1.54) is 6.42 Å². The zero-order chi connectivity index (χ0) is 12.5. The van der Waals surface area contributed by atoms with E-state index < -0.39 is 5.60 Å². The highest BCUT2D eigenvalue weighted by Gasteiger charge is 2.42. The number of hydrogen-bond donors (Lipinski definition) is 1. The Kier molecular flexibility index (Phi) is 3.92. The second-order valence-electron chi connectivity index (χ2n) is 6.55. The topological polar surface area (TPSA) is 37.3 Å². The molecule has 2 fully saturated rings. The maximum Gasteiger partial charge on any atom is 0.167 e. The van der Waals surface area contributed by atoms with Gasteiger partial charge in [0.05, 0.1) is 0 Å². The Morgan fingerprint density at radius 2 is 1.71 bits per heavy atom. The normalized spacial score (nSPS) is 43.4. The number of carbonyl (C=O) groups excluding carboxylic acids is 1. The summed E-state index contributed by atoms with van der Waals surface area (Å²) in [5, 5.41) is 10.5. The van der Waals surface area contributed by atoms with E-state index in [0.29, 0.717) is 24.7 Å². The third-order valence-corrected chi connectivity index (χ3v) is 4.87. The molecule has 1 N–H and O–H groups in total. The van der Waals surface area contributed by atoms with Crippen molar-refractivity contribution in [2.24, 2.45) is 17.8 Å². The van der Waals surface area contributed by atoms with Gasteiger partial charge in [0.15, 0.2) is 5.78 Å². The molecule has 0 aromatic heterocycles. The predicted molar refractivity (Wildman–Crippen MR) is 68.7 cm³/mol. The monoisotopic (exact) mass is 238 g/mol. The number of ketones is 1. The molecular weight excluding hydrogens is 212 g/mol. The molecule has 0 bridgehead atoms. The van der Waals surface area contributed by atoms with Crippen LogP contribution in [0, 0.1) is 17.8 Å². The second kappa shape index (κ2) is 5.09. The van der Waals surface area contributed by atoms with Gasteiger partial charge >= 0.3 is 0 Å². The minimum absolute atomic E-state index is 0.136. The van der Waals surface area contributed by atoms with E-state index in [9.17, 15) is 9.90 Å². The van der Waals surface area contributed by atoms with Crippen LogP contribution in [0.5, 0.6) is 0 Å². The van der Waals surface area contributed by atoms with Gasteiger partial charge in [-0.15, -0.1) is 0 Å². The van der Waals surface area contributed by atoms with Gasteiger partial charge in [0.25, 0.3) is 0 Å². The molecule has 0 spiro atoms. The SMILES string of the molecule is CC1CCC(O)(C(=O)C2CCCC(C)C2)CC1. The van der Waals surface area contributed by atoms with E-state index in [2.05, 4.69) is 13.8 Å². The molecular formula is C15H26O2. The average Bonchev–Trinajstić information content (AvgIpc) is 2.32. The smallest absolute Gasteiger partial charge is 0.167 e. The van der Waals surface area contributed by atoms with Crippen LogP contribution in [0.3, 0.4) is 0 Å². The van der Waals surface area contributed by atoms with Crippen molar-refractivity contribution in [3.8, 4) is 0 Å². The fraction of sp³-hybridized carbons (Fsp3) is 0.933. The average molecular weight is 238 g/mol. The largest absolute Gasteiger partial charge is 0.382 e. The molecule has 0 aromatic carbocycles. The van der Waals surface area contributed by atoms with E-state index in [0.717, 1.165) is 32.1 Å². The van der Waals surface area contributed by atoms with Crippen LogP contribution >= 0.6 is 0 Å². The lowest BCUT2D eigenvalue weighted by Gasteiger charge is -2.37. The molecule has 2 atom stereocenters. The molecule has 0 aromatic rings. The van der Waals surface area contributed by atoms with Crippen molar-refractivity contribution < 1.29 is 9.90 Å². The van der Waals surface area contributed by atoms with Crippen LogP contribution in [-0.4, -0.2) is 16.5 Å². The van der Waals surface area contributed by atoms with Gasteiger partial charge < -0.3 is 5.11 Å². The van der Waals surface area contributed by atoms with Gasteiger partial charge in [-0.2, -0.15) is 0 Å². The minimum atomic E-state index is -0.978. The highest BCUT2D eigenvalue weighted by molar-refractivity contribution is 5.89. The van der Waals surface area contributed by atoms with Crippen molar-refractivity contribution in [2.75, 3.05) is 0 Å². The maximum atomic E-state index is 12.5. The number of carbonyl (C=O) groups is 1. The van der Waals surface area contributed by atoms with Crippen LogP contribution in [0.4, 0.5) is 0 Å². The number of aliphatic hydroxyl groups is 1. The Balaban J connectivity index is 1.98. The van der Waals surface area contributed by atoms with Gasteiger partial charge in [0.1, 0.15) is 5.60 Å². The van der Waals surface area contributed by atoms with Gasteiger partial charge in [-0.05, 0) is 50.4 Å². The van der Waals surface area contributed by atoms with Gasteiger partial charge in [0, 0.05) is 5.92 Å². The Labute approximate surface area is 105 Å². The van der Waals surface area contributed by atoms with E-state index >= 15 is 0 Å². The molecule has 2 rings (SSSR count). The number of Topliss-reactive ketones (excluding diaryl/α,β-unsaturated/α-hetero) is 1. The summed E-state index contributed by atoms with van der Waals surface area (Å²) in [5.41, 5.74) is -0.978. The number of hydrogen-bond acceptors (Lipinski definition) is 2. The molecule has 0 saturated heterocycles. The molecule has 0 radical (unpaired) electrons. The van der Waals surface area contributed by atoms with Crippen LogP contribution in [0.1, 0.15) is 65.2 Å². The van der Waals surface area contributed by atoms with Gasteiger partial charge in [0.2, 0.25) is 0 Å². The first-order valence-electron chi connectivity index (χ1n) is 7.28. The Morgan fingerprint density at radius 3 is 2.29 bits per heavy atom. The van der Waals surface area contributed by atoms with Crippen LogP contribution in [0.25, 0.3) is 0 Å². The van der Waals surface area contributed by atoms with Crippen LogP contribution < -0.4 is 0 Å². The zero-order valence-corrected chi connectivity index (χ0v) is 11.2. The number of rotatable bonds is 2. The molecule has 0 heterocycles. The van der Waals surface area contributed by atoms with Crippen molar-refractivity contribution in [3.05, 3.63) is 0 Å². The quantitative estimate of drug-likeness (QED) is 0.801. The summed E-state index contributed by atoms with van der Waals surface area (Å²) < 4.78 is 0. The molecule has 98 valence electrons. The fourth-order valence-corrected chi connectivity index (χ4v) is 3.54. The van der Waals surface area contributed by atoms with Crippen molar-refractivity contribution in [1.82, 2.24) is 0 Å². The van der Waals surface area contributed by atoms with Crippen LogP contribution in [0.15, 0.2) is 0 Å². The van der Waals surface area contributed by atoms with Crippen LogP contribution in [-0.2, 0) is 4.79 Å². The second-order valence-corrected chi connectivity index (χ2v) is 6.55. The minimum Gasteiger partial charge on any atom is -0.382 e. The zero-order valence-electron chi connectivity index (χ0n) is 11.2. The third-order valence-electron chi connectivity index (χ3n) is 4.87. The third kappa shape index (κ3) is 2.90. The van der Waals surface area contributed by atoms with Gasteiger partial charge in [-0.3, -0.25) is 4.79 Å². The summed E-state index contributed by atoms with van der Waals surface area (Å²) in [7, 11) is 0. The standard InChI is InChI=1S/C15H26O2/c1-11-6-8-15(17,9-7-11)14(16)13-5-3-4-12(2)10-13/h11-13,17H,3-10H2,1-2H3. The first kappa shape index (κ1) is 13.1. The summed E-state index contributed by atoms with van der Waals surface area (Å²) in [6.07, 6.45) is 7.80. The van der Waals surface area contributed by atoms with Crippen molar-refractivity contribution in [2.45, 2.75) is 70.8 Å². The first-order valence-corrected chi connectivity index (χ1v) is 7.28. The van der Waals surface area contributed by atoms with E-state index in [-0.39, 0.29) is 11.7 Å². The van der Waals surface area contributed by atoms with Crippen molar-refractivity contribution >= 4 is 5.78 Å². The summed E-state index contributed by atoms with van der Waals surface area (Å²) in [6, 6.07) is 0. The Morgan fingerprint density at radius 1 is 1.06 bits per heavy atom. The Bertz CT molecular complexity index is 277. The molecule has 0 aliphatic heterocycles. The lowest BCUT2D eigenvalue weighted by molar-refractivity contribution is -0.147. The van der Waals surface area contributed by atoms with E-state index in [1.807, 2.05) is 0 Å². The molecule has 2 nitrogen and oxygen atoms in total. The van der Waals surface area contributed by atoms with Gasteiger partial charge in [-0.25, -0.2) is 0 Å². The highest BCUT2D eigenvalue weighted by atomic mass is 16.3. The summed E-state index contributed by atoms with van der Waals surface area (Å²) in [4.78, 5) is 12.5. The molecule has 2 aliphatic carbocycles. The molecule has 2 unspecified atom stereocenters. The Hall–Kier alpha value is -0.370. The molecule has 0 amide bonds. The molecule has 2 aliphatic rings. The van der Waals surface area contributed by atoms with E-state index in [1.54, 1.807) is 0 Å². The van der Waals surface area contributed by atoms with Crippen molar-refractivity contribution in [1.29, 1.82) is 0 Å². The fourth-order valence-electron chi connectivity index (χ4n) is 3.54. The molecule has 2 heteroatoms. The van der Waals surface area contributed by atoms with Crippen molar-refractivity contribution in [3.63, 3.8) is 0 Å². The maximum absolute atomic E-state index is 12.5. The molecule has 17 heavy (non-hydrogen) atoms. The lowest BCUT2D eigenvalue weighted by atomic mass is 9.70. The van der Waals surface area contributed by atoms with Crippen LogP contribution in [0.2, 0.25) is 0 Å². The van der Waals surface area contributed by atoms with Gasteiger partial charge in [-0.1, -0.05) is 26.7 Å². The predicted octanol–water partition coefficient (Wildman–Crippen LogP) is 3.32. The first-order chi connectivity index (χ1) is 8.01.